The Kier molecular flexibility index (Phi) is 5.60. The number of hydrogen-bond acceptors (Lipinski definition) is 4. The van der Waals surface area contributed by atoms with E-state index in [0.717, 1.165) is 0 Å². The number of carbonyl (C=O) groups is 3. The Morgan fingerprint density at radius 3 is 2.24 bits per heavy atom. The second-order valence-corrected chi connectivity index (χ2v) is 4.42. The van der Waals surface area contributed by atoms with E-state index in [4.69, 9.17) is 5.73 Å². The van der Waals surface area contributed by atoms with Gasteiger partial charge in [0, 0.05) is 13.6 Å². The molecule has 0 bridgehead atoms. The van der Waals surface area contributed by atoms with Crippen molar-refractivity contribution in [1.82, 2.24) is 16.0 Å². The Morgan fingerprint density at radius 2 is 1.82 bits per heavy atom. The lowest BCUT2D eigenvalue weighted by atomic mass is 9.92. The van der Waals surface area contributed by atoms with Gasteiger partial charge in [0.2, 0.25) is 11.8 Å². The summed E-state index contributed by atoms with van der Waals surface area (Å²) in [6.45, 7) is 5.19. The summed E-state index contributed by atoms with van der Waals surface area (Å²) in [5, 5.41) is 7.24. The van der Waals surface area contributed by atoms with Crippen LogP contribution in [0.1, 0.15) is 20.8 Å². The van der Waals surface area contributed by atoms with E-state index in [2.05, 4.69) is 16.0 Å². The first-order valence-corrected chi connectivity index (χ1v) is 5.26. The van der Waals surface area contributed by atoms with E-state index in [1.807, 2.05) is 0 Å². The molecule has 0 aromatic heterocycles. The minimum atomic E-state index is -0.748. The molecule has 5 N–H and O–H groups in total. The van der Waals surface area contributed by atoms with Gasteiger partial charge in [-0.1, -0.05) is 0 Å². The SMILES string of the molecule is CNC(=O)NC(=O)C(C)NCC(C)(C)C(N)=O. The van der Waals surface area contributed by atoms with Gasteiger partial charge in [-0.15, -0.1) is 0 Å². The van der Waals surface area contributed by atoms with Gasteiger partial charge in [-0.2, -0.15) is 0 Å². The average Bonchev–Trinajstić information content (AvgIpc) is 2.25. The fourth-order valence-electron chi connectivity index (χ4n) is 0.871. The van der Waals surface area contributed by atoms with Gasteiger partial charge in [-0.3, -0.25) is 14.9 Å². The van der Waals surface area contributed by atoms with Gasteiger partial charge in [0.05, 0.1) is 11.5 Å². The Balaban J connectivity index is 4.18. The number of rotatable bonds is 5. The third-order valence-electron chi connectivity index (χ3n) is 2.37. The van der Waals surface area contributed by atoms with Crippen LogP contribution in [-0.2, 0) is 9.59 Å². The minimum Gasteiger partial charge on any atom is -0.369 e. The van der Waals surface area contributed by atoms with Crippen LogP contribution < -0.4 is 21.7 Å². The molecule has 98 valence electrons. The predicted molar refractivity (Wildman–Crippen MR) is 63.0 cm³/mol. The Morgan fingerprint density at radius 1 is 1.29 bits per heavy atom. The number of hydrogen-bond donors (Lipinski definition) is 4. The maximum absolute atomic E-state index is 11.4. The highest BCUT2D eigenvalue weighted by Gasteiger charge is 2.26. The van der Waals surface area contributed by atoms with E-state index in [1.54, 1.807) is 20.8 Å². The summed E-state index contributed by atoms with van der Waals surface area (Å²) >= 11 is 0. The lowest BCUT2D eigenvalue weighted by molar-refractivity contribution is -0.127. The van der Waals surface area contributed by atoms with E-state index < -0.39 is 29.3 Å². The average molecular weight is 244 g/mol. The van der Waals surface area contributed by atoms with Crippen LogP contribution >= 0.6 is 0 Å². The maximum atomic E-state index is 11.4. The van der Waals surface area contributed by atoms with Gasteiger partial charge in [0.25, 0.3) is 0 Å². The summed E-state index contributed by atoms with van der Waals surface area (Å²) < 4.78 is 0. The van der Waals surface area contributed by atoms with Crippen LogP contribution in [0.3, 0.4) is 0 Å². The first-order chi connectivity index (χ1) is 7.70. The van der Waals surface area contributed by atoms with Crippen LogP contribution in [-0.4, -0.2) is 37.5 Å². The monoisotopic (exact) mass is 244 g/mol. The number of nitrogens with one attached hydrogen (secondary N) is 3. The van der Waals surface area contributed by atoms with Crippen molar-refractivity contribution in [1.29, 1.82) is 0 Å². The third-order valence-corrected chi connectivity index (χ3v) is 2.37. The van der Waals surface area contributed by atoms with Crippen molar-refractivity contribution in [2.24, 2.45) is 11.1 Å². The molecule has 0 spiro atoms. The molecule has 17 heavy (non-hydrogen) atoms. The highest BCUT2D eigenvalue weighted by atomic mass is 16.2. The second-order valence-electron chi connectivity index (χ2n) is 4.42. The summed E-state index contributed by atoms with van der Waals surface area (Å²) in [4.78, 5) is 33.4. The molecule has 0 aliphatic carbocycles. The zero-order valence-electron chi connectivity index (χ0n) is 10.6. The van der Waals surface area contributed by atoms with Crippen LogP contribution in [0.15, 0.2) is 0 Å². The molecule has 0 aliphatic rings. The van der Waals surface area contributed by atoms with Crippen molar-refractivity contribution in [2.45, 2.75) is 26.8 Å². The fourth-order valence-corrected chi connectivity index (χ4v) is 0.871. The molecule has 7 nitrogen and oxygen atoms in total. The highest BCUT2D eigenvalue weighted by molar-refractivity contribution is 5.96. The second kappa shape index (κ2) is 6.19. The molecule has 0 fully saturated rings. The molecule has 1 atom stereocenters. The van der Waals surface area contributed by atoms with Gasteiger partial charge >= 0.3 is 6.03 Å². The molecule has 0 aromatic rings. The summed E-state index contributed by atoms with van der Waals surface area (Å²) in [5.41, 5.74) is 4.44. The molecule has 0 saturated heterocycles. The molecule has 0 aromatic carbocycles. The fraction of sp³-hybridized carbons (Fsp3) is 0.700. The number of amides is 4. The van der Waals surface area contributed by atoms with Gasteiger partial charge < -0.3 is 16.4 Å². The van der Waals surface area contributed by atoms with Gasteiger partial charge in [-0.25, -0.2) is 4.79 Å². The number of carbonyl (C=O) groups excluding carboxylic acids is 3. The van der Waals surface area contributed by atoms with Crippen LogP contribution in [0.5, 0.6) is 0 Å². The predicted octanol–water partition coefficient (Wildman–Crippen LogP) is -1.07. The Labute approximate surface area is 100 Å². The maximum Gasteiger partial charge on any atom is 0.321 e. The summed E-state index contributed by atoms with van der Waals surface area (Å²) in [5.74, 6) is -0.923. The van der Waals surface area contributed by atoms with E-state index >= 15 is 0 Å². The minimum absolute atomic E-state index is 0.255. The molecule has 0 aliphatic heterocycles. The standard InChI is InChI=1S/C10H20N4O3/c1-6(7(15)14-9(17)12-4)13-5-10(2,3)8(11)16/h6,13H,5H2,1-4H3,(H2,11,16)(H2,12,14,15,17). The molecule has 0 rings (SSSR count). The van der Waals surface area contributed by atoms with Crippen molar-refractivity contribution in [3.05, 3.63) is 0 Å². The summed E-state index contributed by atoms with van der Waals surface area (Å²) in [6, 6.07) is -1.16. The summed E-state index contributed by atoms with van der Waals surface area (Å²) in [7, 11) is 1.41. The first-order valence-electron chi connectivity index (χ1n) is 5.26. The topological polar surface area (TPSA) is 113 Å². The number of primary amides is 1. The quantitative estimate of drug-likeness (QED) is 0.493. The zero-order chi connectivity index (χ0) is 13.6. The Bertz CT molecular complexity index is 315. The van der Waals surface area contributed by atoms with Crippen LogP contribution in [0, 0.1) is 5.41 Å². The molecule has 4 amide bonds. The Hall–Kier alpha value is -1.63. The van der Waals surface area contributed by atoms with Gasteiger partial charge in [0.1, 0.15) is 0 Å². The largest absolute Gasteiger partial charge is 0.369 e. The number of nitrogens with two attached hydrogens (primary N) is 1. The lowest BCUT2D eigenvalue weighted by Crippen LogP contribution is -2.50. The smallest absolute Gasteiger partial charge is 0.321 e. The molecular weight excluding hydrogens is 224 g/mol. The molecule has 0 heterocycles. The molecule has 0 radical (unpaired) electrons. The molecule has 1 unspecified atom stereocenters. The van der Waals surface area contributed by atoms with Crippen molar-refractivity contribution in [2.75, 3.05) is 13.6 Å². The normalized spacial score (nSPS) is 12.7. The first kappa shape index (κ1) is 15.4. The molecule has 7 heteroatoms. The zero-order valence-corrected chi connectivity index (χ0v) is 10.6. The number of urea groups is 1. The van der Waals surface area contributed by atoms with Gasteiger partial charge in [-0.05, 0) is 20.8 Å². The van der Waals surface area contributed by atoms with Crippen molar-refractivity contribution >= 4 is 17.8 Å². The van der Waals surface area contributed by atoms with Crippen LogP contribution in [0.25, 0.3) is 0 Å². The van der Waals surface area contributed by atoms with Crippen molar-refractivity contribution in [3.8, 4) is 0 Å². The van der Waals surface area contributed by atoms with Crippen LogP contribution in [0.2, 0.25) is 0 Å². The van der Waals surface area contributed by atoms with E-state index in [9.17, 15) is 14.4 Å². The van der Waals surface area contributed by atoms with Crippen molar-refractivity contribution in [3.63, 3.8) is 0 Å². The lowest BCUT2D eigenvalue weighted by Gasteiger charge is -2.23. The van der Waals surface area contributed by atoms with E-state index in [-0.39, 0.29) is 6.54 Å². The molecule has 0 saturated carbocycles. The molecular formula is C10H20N4O3. The van der Waals surface area contributed by atoms with Crippen molar-refractivity contribution < 1.29 is 14.4 Å². The van der Waals surface area contributed by atoms with E-state index in [1.165, 1.54) is 7.05 Å². The van der Waals surface area contributed by atoms with E-state index in [0.29, 0.717) is 0 Å². The number of imide groups is 1. The van der Waals surface area contributed by atoms with Crippen LogP contribution in [0.4, 0.5) is 4.79 Å². The third kappa shape index (κ3) is 5.30. The summed E-state index contributed by atoms with van der Waals surface area (Å²) in [6.07, 6.45) is 0. The highest BCUT2D eigenvalue weighted by Crippen LogP contribution is 2.12. The van der Waals surface area contributed by atoms with Gasteiger partial charge in [0.15, 0.2) is 0 Å².